The lowest BCUT2D eigenvalue weighted by molar-refractivity contribution is -0.137. The van der Waals surface area contributed by atoms with Crippen molar-refractivity contribution in [2.24, 2.45) is 7.05 Å². The van der Waals surface area contributed by atoms with Crippen LogP contribution in [-0.4, -0.2) is 19.7 Å². The summed E-state index contributed by atoms with van der Waals surface area (Å²) in [5, 5.41) is 0. The molecule has 0 saturated carbocycles. The average molecular weight is 466 g/mol. The maximum absolute atomic E-state index is 13.0. The minimum atomic E-state index is -4.34. The van der Waals surface area contributed by atoms with Crippen molar-refractivity contribution in [2.75, 3.05) is 10.2 Å². The molecule has 0 aliphatic carbocycles. The van der Waals surface area contributed by atoms with Gasteiger partial charge in [-0.2, -0.15) is 13.2 Å². The third kappa shape index (κ3) is 4.36. The second kappa shape index (κ2) is 7.95. The SMILES string of the molecule is CCSc1cc(C(F)(F)F)ccc1-c1ncc(/C=C(\C)CI)n1C. The van der Waals surface area contributed by atoms with E-state index < -0.39 is 11.7 Å². The minimum absolute atomic E-state index is 0.599. The van der Waals surface area contributed by atoms with E-state index in [9.17, 15) is 13.2 Å². The van der Waals surface area contributed by atoms with Gasteiger partial charge in [0.25, 0.3) is 0 Å². The Kier molecular flexibility index (Phi) is 6.41. The largest absolute Gasteiger partial charge is 0.416 e. The molecule has 0 radical (unpaired) electrons. The molecule has 0 unspecified atom stereocenters. The second-order valence-corrected chi connectivity index (χ2v) is 7.40. The van der Waals surface area contributed by atoms with Gasteiger partial charge in [-0.3, -0.25) is 0 Å². The Labute approximate surface area is 157 Å². The van der Waals surface area contributed by atoms with Crippen LogP contribution in [0.1, 0.15) is 25.1 Å². The number of alkyl halides is 4. The highest BCUT2D eigenvalue weighted by molar-refractivity contribution is 14.1. The van der Waals surface area contributed by atoms with Crippen LogP contribution in [0.4, 0.5) is 13.2 Å². The summed E-state index contributed by atoms with van der Waals surface area (Å²) in [4.78, 5) is 5.03. The molecule has 0 aliphatic rings. The van der Waals surface area contributed by atoms with E-state index in [2.05, 4.69) is 27.6 Å². The zero-order chi connectivity index (χ0) is 17.9. The predicted octanol–water partition coefficient (Wildman–Crippen LogP) is 6.06. The first-order valence-corrected chi connectivity index (χ1v) is 9.88. The van der Waals surface area contributed by atoms with E-state index in [4.69, 9.17) is 0 Å². The Morgan fingerprint density at radius 1 is 1.38 bits per heavy atom. The highest BCUT2D eigenvalue weighted by Crippen LogP contribution is 2.37. The van der Waals surface area contributed by atoms with Gasteiger partial charge in [0, 0.05) is 21.9 Å². The summed E-state index contributed by atoms with van der Waals surface area (Å²) in [6, 6.07) is 3.85. The Hall–Kier alpha value is -0.960. The van der Waals surface area contributed by atoms with Gasteiger partial charge < -0.3 is 4.57 Å². The van der Waals surface area contributed by atoms with Crippen LogP contribution in [0.5, 0.6) is 0 Å². The molecule has 2 aromatic rings. The molecule has 0 fully saturated rings. The average Bonchev–Trinajstić information content (AvgIpc) is 2.87. The van der Waals surface area contributed by atoms with E-state index in [0.717, 1.165) is 21.8 Å². The van der Waals surface area contributed by atoms with Crippen molar-refractivity contribution in [1.82, 2.24) is 9.55 Å². The number of halogens is 4. The fourth-order valence-electron chi connectivity index (χ4n) is 2.26. The first-order valence-electron chi connectivity index (χ1n) is 7.37. The molecule has 0 aliphatic heterocycles. The van der Waals surface area contributed by atoms with Crippen LogP contribution in [0.15, 0.2) is 34.9 Å². The summed E-state index contributed by atoms with van der Waals surface area (Å²) in [5.74, 6) is 1.37. The van der Waals surface area contributed by atoms with Crippen LogP contribution in [0.3, 0.4) is 0 Å². The molecular formula is C17H18F3IN2S. The minimum Gasteiger partial charge on any atom is -0.328 e. The monoisotopic (exact) mass is 466 g/mol. The maximum atomic E-state index is 13.0. The molecule has 7 heteroatoms. The van der Waals surface area contributed by atoms with E-state index >= 15 is 0 Å². The van der Waals surface area contributed by atoms with Gasteiger partial charge in [-0.25, -0.2) is 4.98 Å². The van der Waals surface area contributed by atoms with Crippen molar-refractivity contribution in [3.05, 3.63) is 41.2 Å². The van der Waals surface area contributed by atoms with E-state index in [1.807, 2.05) is 31.5 Å². The fraction of sp³-hybridized carbons (Fsp3) is 0.353. The van der Waals surface area contributed by atoms with E-state index in [0.29, 0.717) is 16.5 Å². The molecule has 1 heterocycles. The lowest BCUT2D eigenvalue weighted by Crippen LogP contribution is -2.06. The van der Waals surface area contributed by atoms with Crippen LogP contribution in [0, 0.1) is 0 Å². The van der Waals surface area contributed by atoms with E-state index in [-0.39, 0.29) is 0 Å². The lowest BCUT2D eigenvalue weighted by Gasteiger charge is -2.13. The third-order valence-electron chi connectivity index (χ3n) is 3.48. The molecule has 2 rings (SSSR count). The van der Waals surface area contributed by atoms with Crippen molar-refractivity contribution in [3.63, 3.8) is 0 Å². The molecule has 0 bridgehead atoms. The molecule has 2 nitrogen and oxygen atoms in total. The van der Waals surface area contributed by atoms with Gasteiger partial charge in [0.05, 0.1) is 17.5 Å². The van der Waals surface area contributed by atoms with Crippen molar-refractivity contribution in [1.29, 1.82) is 0 Å². The van der Waals surface area contributed by atoms with Crippen molar-refractivity contribution >= 4 is 40.4 Å². The van der Waals surface area contributed by atoms with Gasteiger partial charge in [0.2, 0.25) is 0 Å². The Balaban J connectivity index is 2.52. The zero-order valence-electron chi connectivity index (χ0n) is 13.6. The van der Waals surface area contributed by atoms with Gasteiger partial charge in [-0.15, -0.1) is 11.8 Å². The smallest absolute Gasteiger partial charge is 0.328 e. The quantitative estimate of drug-likeness (QED) is 0.303. The fourth-order valence-corrected chi connectivity index (χ4v) is 3.31. The third-order valence-corrected chi connectivity index (χ3v) is 5.62. The molecule has 1 aromatic heterocycles. The number of aromatic nitrogens is 2. The molecule has 0 amide bonds. The highest BCUT2D eigenvalue weighted by Gasteiger charge is 2.31. The van der Waals surface area contributed by atoms with Crippen LogP contribution in [-0.2, 0) is 13.2 Å². The van der Waals surface area contributed by atoms with Gasteiger partial charge in [0.1, 0.15) is 5.82 Å². The topological polar surface area (TPSA) is 17.8 Å². The Morgan fingerprint density at radius 2 is 2.08 bits per heavy atom. The van der Waals surface area contributed by atoms with Gasteiger partial charge in [-0.1, -0.05) is 35.1 Å². The number of thioether (sulfide) groups is 1. The summed E-state index contributed by atoms with van der Waals surface area (Å²) < 4.78 is 41.7. The number of nitrogens with zero attached hydrogens (tertiary/aromatic N) is 2. The first kappa shape index (κ1) is 19.4. The summed E-state index contributed by atoms with van der Waals surface area (Å²) in [7, 11) is 1.88. The normalized spacial score (nSPS) is 12.7. The maximum Gasteiger partial charge on any atom is 0.416 e. The molecule has 24 heavy (non-hydrogen) atoms. The van der Waals surface area contributed by atoms with Gasteiger partial charge >= 0.3 is 6.18 Å². The van der Waals surface area contributed by atoms with Crippen LogP contribution < -0.4 is 0 Å². The molecule has 0 atom stereocenters. The van der Waals surface area contributed by atoms with Crippen molar-refractivity contribution in [3.8, 4) is 11.4 Å². The molecule has 130 valence electrons. The predicted molar refractivity (Wildman–Crippen MR) is 103 cm³/mol. The number of benzene rings is 1. The number of hydrogen-bond donors (Lipinski definition) is 0. The molecular weight excluding hydrogens is 448 g/mol. The Morgan fingerprint density at radius 3 is 2.67 bits per heavy atom. The second-order valence-electron chi connectivity index (χ2n) is 5.33. The number of hydrogen-bond acceptors (Lipinski definition) is 2. The molecule has 0 N–H and O–H groups in total. The number of imidazole rings is 1. The summed E-state index contributed by atoms with van der Waals surface area (Å²) in [6.45, 7) is 3.96. The lowest BCUT2D eigenvalue weighted by atomic mass is 10.1. The van der Waals surface area contributed by atoms with Gasteiger partial charge in [0.15, 0.2) is 0 Å². The summed E-state index contributed by atoms with van der Waals surface area (Å²) >= 11 is 3.68. The standard InChI is InChI=1S/C17H18F3IN2S/c1-4-24-15-8-12(17(18,19)20)5-6-14(15)16-22-10-13(23(16)3)7-11(2)9-21/h5-8,10H,4,9H2,1-3H3/b11-7+. The van der Waals surface area contributed by atoms with Crippen LogP contribution in [0.2, 0.25) is 0 Å². The number of rotatable bonds is 5. The van der Waals surface area contributed by atoms with Crippen molar-refractivity contribution < 1.29 is 13.2 Å². The van der Waals surface area contributed by atoms with Gasteiger partial charge in [-0.05, 0) is 37.0 Å². The van der Waals surface area contributed by atoms with Crippen LogP contribution in [0.25, 0.3) is 17.5 Å². The highest BCUT2D eigenvalue weighted by atomic mass is 127. The molecule has 0 saturated heterocycles. The van der Waals surface area contributed by atoms with Crippen LogP contribution >= 0.6 is 34.4 Å². The molecule has 0 spiro atoms. The molecule has 1 aromatic carbocycles. The summed E-state index contributed by atoms with van der Waals surface area (Å²) in [5.41, 5.74) is 2.24. The number of allylic oxidation sites excluding steroid dienone is 1. The Bertz CT molecular complexity index is 751. The van der Waals surface area contributed by atoms with Crippen molar-refractivity contribution in [2.45, 2.75) is 24.9 Å². The summed E-state index contributed by atoms with van der Waals surface area (Å²) in [6.07, 6.45) is -0.544. The first-order chi connectivity index (χ1) is 11.3. The zero-order valence-corrected chi connectivity index (χ0v) is 16.6. The van der Waals surface area contributed by atoms with E-state index in [1.165, 1.54) is 29.5 Å². The van der Waals surface area contributed by atoms with E-state index in [1.54, 1.807) is 6.20 Å².